The molecule has 0 aliphatic heterocycles. The maximum absolute atomic E-state index is 15.9. The molecule has 0 rings (SSSR count). The molecular weight excluding hydrogens is 1490 g/mol. The molecule has 0 fully saturated rings. The van der Waals surface area contributed by atoms with E-state index in [1.54, 1.807) is 62.3 Å². The Labute approximate surface area is 668 Å². The number of hydrogen-bond donors (Lipinski definition) is 4. The molecule has 9 atom stereocenters. The molecule has 0 aliphatic rings. The number of carbonyl (C=O) groups excluding carboxylic acids is 11. The highest BCUT2D eigenvalue weighted by Gasteiger charge is 2.61. The maximum atomic E-state index is 15.9. The predicted molar refractivity (Wildman–Crippen MR) is 406 cm³/mol. The number of rotatable bonds is 67. The minimum atomic E-state index is -2.27. The molecule has 0 spiro atoms. The molecule has 0 aromatic carbocycles. The SMILES string of the molecule is C=C(CC(C)(CC(C)(CC(C)(CC(C)(CC(C)(CC(C)(CC(C)(CC(C)(CC(C)(CC(C)(C)C(=O)OCCOCC)C(=O)OCCOCC)C(=O)OCCOCC)C(=O)OCCOCC)C(=O)OCCOCC)C(=O)OCCOCC)C(=O)OCCOCC)C(=O)OCCO)C(=O)OCCO)C(=O)OCCO)C(=O)OCCO. The van der Waals surface area contributed by atoms with Crippen molar-refractivity contribution < 1.29 is 158 Å². The number of esters is 11. The molecule has 656 valence electrons. The van der Waals surface area contributed by atoms with Gasteiger partial charge in [-0.3, -0.25) is 47.9 Å². The van der Waals surface area contributed by atoms with Crippen LogP contribution in [0.4, 0.5) is 0 Å². The van der Waals surface area contributed by atoms with Gasteiger partial charge in [-0.25, -0.2) is 4.79 Å². The summed E-state index contributed by atoms with van der Waals surface area (Å²) in [6, 6.07) is 0. The van der Waals surface area contributed by atoms with E-state index in [-0.39, 0.29) is 124 Å². The second-order valence-corrected chi connectivity index (χ2v) is 31.1. The normalized spacial score (nSPS) is 16.4. The Bertz CT molecular complexity index is 2900. The monoisotopic (exact) mass is 1630 g/mol. The lowest BCUT2D eigenvalue weighted by molar-refractivity contribution is -0.178. The Hall–Kier alpha value is -6.53. The third-order valence-electron chi connectivity index (χ3n) is 18.9. The predicted octanol–water partition coefficient (Wildman–Crippen LogP) is 6.73. The van der Waals surface area contributed by atoms with Crippen molar-refractivity contribution in [1.82, 2.24) is 0 Å². The molecule has 0 bridgehead atoms. The molecule has 0 radical (unpaired) electrons. The number of carbonyl (C=O) groups is 11. The summed E-state index contributed by atoms with van der Waals surface area (Å²) < 4.78 is 103. The zero-order valence-corrected chi connectivity index (χ0v) is 70.9. The van der Waals surface area contributed by atoms with Gasteiger partial charge >= 0.3 is 65.7 Å². The van der Waals surface area contributed by atoms with Gasteiger partial charge in [-0.05, 0) is 189 Å². The summed E-state index contributed by atoms with van der Waals surface area (Å²) >= 11 is 0. The van der Waals surface area contributed by atoms with E-state index in [2.05, 4.69) is 6.58 Å². The third kappa shape index (κ3) is 37.1. The molecule has 33 heteroatoms. The van der Waals surface area contributed by atoms with E-state index in [1.807, 2.05) is 0 Å². The fourth-order valence-corrected chi connectivity index (χ4v) is 15.1. The Morgan fingerprint density at radius 3 is 0.575 bits per heavy atom. The first-order valence-corrected chi connectivity index (χ1v) is 39.1. The number of hydrogen-bond acceptors (Lipinski definition) is 33. The van der Waals surface area contributed by atoms with E-state index >= 15 is 38.4 Å². The summed E-state index contributed by atoms with van der Waals surface area (Å²) in [6.45, 7) is 24.6. The summed E-state index contributed by atoms with van der Waals surface area (Å²) in [5.74, 6) is -11.4. The van der Waals surface area contributed by atoms with E-state index in [0.717, 1.165) is 0 Å². The summed E-state index contributed by atoms with van der Waals surface area (Å²) in [4.78, 5) is 166. The molecule has 9 unspecified atom stereocenters. The van der Waals surface area contributed by atoms with Gasteiger partial charge in [-0.15, -0.1) is 0 Å². The quantitative estimate of drug-likeness (QED) is 0.0212. The van der Waals surface area contributed by atoms with Gasteiger partial charge in [0.1, 0.15) is 72.7 Å². The van der Waals surface area contributed by atoms with Crippen molar-refractivity contribution in [3.05, 3.63) is 12.2 Å². The molecule has 4 N–H and O–H groups in total. The van der Waals surface area contributed by atoms with Crippen molar-refractivity contribution in [2.24, 2.45) is 54.1 Å². The van der Waals surface area contributed by atoms with Crippen molar-refractivity contribution >= 4 is 65.7 Å². The van der Waals surface area contributed by atoms with Crippen LogP contribution in [0, 0.1) is 54.1 Å². The minimum Gasteiger partial charge on any atom is -0.463 e. The van der Waals surface area contributed by atoms with Crippen LogP contribution in [0.25, 0.3) is 0 Å². The lowest BCUT2D eigenvalue weighted by Crippen LogP contribution is -2.52. The van der Waals surface area contributed by atoms with Crippen molar-refractivity contribution in [2.75, 3.05) is 192 Å². The number of aliphatic hydroxyl groups is 4. The Balaban J connectivity index is 10.0. The molecule has 0 aromatic rings. The fraction of sp³-hybridized carbons (Fsp3) is 0.838. The number of aliphatic hydroxyl groups excluding tert-OH is 4. The molecule has 0 aliphatic carbocycles. The van der Waals surface area contributed by atoms with Crippen molar-refractivity contribution in [2.45, 2.75) is 189 Å². The summed E-state index contributed by atoms with van der Waals surface area (Å²) in [5, 5.41) is 39.6. The lowest BCUT2D eigenvalue weighted by atomic mass is 9.56. The summed E-state index contributed by atoms with van der Waals surface area (Å²) in [5.41, 5.74) is -21.2. The highest BCUT2D eigenvalue weighted by molar-refractivity contribution is 5.91. The fourth-order valence-electron chi connectivity index (χ4n) is 15.1. The maximum Gasteiger partial charge on any atom is 0.333 e. The molecule has 33 nitrogen and oxygen atoms in total. The number of ether oxygens (including phenoxy) is 18. The van der Waals surface area contributed by atoms with E-state index in [1.165, 1.54) is 62.3 Å². The lowest BCUT2D eigenvalue weighted by Gasteiger charge is -2.47. The van der Waals surface area contributed by atoms with E-state index in [9.17, 15) is 34.8 Å². The largest absolute Gasteiger partial charge is 0.463 e. The van der Waals surface area contributed by atoms with Crippen LogP contribution in [0.2, 0.25) is 0 Å². The molecule has 0 amide bonds. The van der Waals surface area contributed by atoms with Crippen LogP contribution in [-0.4, -0.2) is 278 Å². The van der Waals surface area contributed by atoms with Crippen molar-refractivity contribution in [3.63, 3.8) is 0 Å². The molecular formula is C80H138O33. The Kier molecular flexibility index (Phi) is 50.6. The van der Waals surface area contributed by atoms with Crippen LogP contribution in [0.1, 0.15) is 189 Å². The van der Waals surface area contributed by atoms with Crippen molar-refractivity contribution in [3.8, 4) is 0 Å². The summed E-state index contributed by atoms with van der Waals surface area (Å²) in [7, 11) is 0. The Morgan fingerprint density at radius 2 is 0.381 bits per heavy atom. The first-order valence-electron chi connectivity index (χ1n) is 39.1. The minimum absolute atomic E-state index is 0.0341. The van der Waals surface area contributed by atoms with Crippen LogP contribution >= 0.6 is 0 Å². The zero-order valence-electron chi connectivity index (χ0n) is 70.9. The van der Waals surface area contributed by atoms with Gasteiger partial charge in [0, 0.05) is 51.8 Å². The van der Waals surface area contributed by atoms with E-state index < -0.39 is 250 Å². The molecule has 0 saturated carbocycles. The topological polar surface area (TPSA) is 435 Å². The third-order valence-corrected chi connectivity index (χ3v) is 18.9. The van der Waals surface area contributed by atoms with Gasteiger partial charge < -0.3 is 106 Å². The van der Waals surface area contributed by atoms with Crippen LogP contribution in [0.15, 0.2) is 12.2 Å². The molecule has 113 heavy (non-hydrogen) atoms. The van der Waals surface area contributed by atoms with Gasteiger partial charge in [0.25, 0.3) is 0 Å². The molecule has 0 saturated heterocycles. The van der Waals surface area contributed by atoms with E-state index in [4.69, 9.17) is 85.3 Å². The van der Waals surface area contributed by atoms with Gasteiger partial charge in [0.2, 0.25) is 0 Å². The first-order chi connectivity index (χ1) is 53.0. The van der Waals surface area contributed by atoms with Crippen LogP contribution in [0.3, 0.4) is 0 Å². The van der Waals surface area contributed by atoms with Crippen LogP contribution < -0.4 is 0 Å². The van der Waals surface area contributed by atoms with Crippen LogP contribution in [-0.2, 0) is 138 Å². The molecule has 0 aromatic heterocycles. The van der Waals surface area contributed by atoms with Gasteiger partial charge in [0.05, 0.1) is 127 Å². The second-order valence-electron chi connectivity index (χ2n) is 31.1. The van der Waals surface area contributed by atoms with Gasteiger partial charge in [-0.2, -0.15) is 0 Å². The van der Waals surface area contributed by atoms with Gasteiger partial charge in [0.15, 0.2) is 0 Å². The highest BCUT2D eigenvalue weighted by atomic mass is 16.6. The first kappa shape index (κ1) is 106. The molecule has 0 heterocycles. The average molecular weight is 1630 g/mol. The zero-order chi connectivity index (χ0) is 86.2. The Morgan fingerprint density at radius 1 is 0.221 bits per heavy atom. The summed E-state index contributed by atoms with van der Waals surface area (Å²) in [6.07, 6.45) is -6.72. The smallest absolute Gasteiger partial charge is 0.333 e. The average Bonchev–Trinajstić information content (AvgIpc) is 0.753. The van der Waals surface area contributed by atoms with Crippen LogP contribution in [0.5, 0.6) is 0 Å². The van der Waals surface area contributed by atoms with Crippen molar-refractivity contribution in [1.29, 1.82) is 0 Å². The highest BCUT2D eigenvalue weighted by Crippen LogP contribution is 2.57. The van der Waals surface area contributed by atoms with E-state index in [0.29, 0.717) is 6.61 Å². The van der Waals surface area contributed by atoms with Gasteiger partial charge in [-0.1, -0.05) is 6.58 Å². The second kappa shape index (κ2) is 53.7. The standard InChI is InChI=1S/C80H138O33/c1-20-96-35-42-107-61(86)71(9,10)50-73(12,63(88)108-43-36-97-21-2)52-75(14,66(91)109-44-37-98-22-3)54-77(16,67(92)110-45-38-99-23-4)56-79(18,69(94)112-47-40-101-25-6)58-80(19,70(95)113-48-41-102-26-7)57-78(17,68(93)111-46-39-100-24-5)55-76(15,65(90)106-34-30-84)53-74(13,64(89)105-33-29-83)51-72(11,62(87)104-32-28-82)49-59(8)60(85)103-31-27-81/h81-84H,8,20-58H2,1-7,9-19H3.